The molecule has 0 saturated heterocycles. The molecule has 0 fully saturated rings. The zero-order valence-corrected chi connectivity index (χ0v) is 17.8. The van der Waals surface area contributed by atoms with Gasteiger partial charge >= 0.3 is 0 Å². The van der Waals surface area contributed by atoms with Gasteiger partial charge in [0.2, 0.25) is 0 Å². The summed E-state index contributed by atoms with van der Waals surface area (Å²) in [4.78, 5) is 0.215. The molecule has 156 valence electrons. The molecule has 0 saturated carbocycles. The van der Waals surface area contributed by atoms with Crippen LogP contribution in [0.5, 0.6) is 0 Å². The molecule has 0 aliphatic rings. The standard InChI is InChI=1S/C21H36O5S/c1-3-4-15-24-16-7-5-8-17-25-18-9-6-10-19-26-27(22,23)21-13-11-20(2)12-14-21/h11-14H,3-10,15-19H2,1-2H3. The van der Waals surface area contributed by atoms with Crippen molar-refractivity contribution in [3.05, 3.63) is 29.8 Å². The maximum atomic E-state index is 12.0. The number of hydrogen-bond donors (Lipinski definition) is 0. The summed E-state index contributed by atoms with van der Waals surface area (Å²) in [6, 6.07) is 6.70. The molecule has 1 aromatic carbocycles. The number of ether oxygens (including phenoxy) is 2. The minimum absolute atomic E-state index is 0.215. The first-order valence-corrected chi connectivity index (χ1v) is 11.6. The van der Waals surface area contributed by atoms with Gasteiger partial charge < -0.3 is 9.47 Å². The van der Waals surface area contributed by atoms with Gasteiger partial charge in [-0.3, -0.25) is 4.18 Å². The molecule has 0 aromatic heterocycles. The third-order valence-corrected chi connectivity index (χ3v) is 5.53. The summed E-state index contributed by atoms with van der Waals surface area (Å²) in [5.74, 6) is 0. The van der Waals surface area contributed by atoms with Crippen LogP contribution in [0.3, 0.4) is 0 Å². The summed E-state index contributed by atoms with van der Waals surface area (Å²) in [5, 5.41) is 0. The van der Waals surface area contributed by atoms with Crippen molar-refractivity contribution in [1.82, 2.24) is 0 Å². The zero-order chi connectivity index (χ0) is 19.8. The molecule has 1 aromatic rings. The van der Waals surface area contributed by atoms with E-state index in [2.05, 4.69) is 6.92 Å². The van der Waals surface area contributed by atoms with Gasteiger partial charge in [-0.15, -0.1) is 0 Å². The largest absolute Gasteiger partial charge is 0.381 e. The molecule has 0 bridgehead atoms. The number of hydrogen-bond acceptors (Lipinski definition) is 5. The van der Waals surface area contributed by atoms with Gasteiger partial charge in [0, 0.05) is 26.4 Å². The van der Waals surface area contributed by atoms with Crippen LogP contribution in [0.4, 0.5) is 0 Å². The molecule has 0 amide bonds. The minimum Gasteiger partial charge on any atom is -0.381 e. The highest BCUT2D eigenvalue weighted by Gasteiger charge is 2.14. The normalized spacial score (nSPS) is 11.8. The van der Waals surface area contributed by atoms with Gasteiger partial charge in [-0.05, 0) is 64.0 Å². The predicted octanol–water partition coefficient (Wildman–Crippen LogP) is 4.87. The topological polar surface area (TPSA) is 61.8 Å². The minimum atomic E-state index is -3.64. The number of aryl methyl sites for hydroxylation is 1. The second kappa shape index (κ2) is 15.0. The highest BCUT2D eigenvalue weighted by molar-refractivity contribution is 7.86. The molecule has 5 nitrogen and oxygen atoms in total. The Balaban J connectivity index is 1.91. The van der Waals surface area contributed by atoms with Crippen molar-refractivity contribution >= 4 is 10.1 Å². The second-order valence-electron chi connectivity index (χ2n) is 6.79. The van der Waals surface area contributed by atoms with E-state index in [1.807, 2.05) is 6.92 Å². The maximum Gasteiger partial charge on any atom is 0.296 e. The first kappa shape index (κ1) is 24.1. The van der Waals surface area contributed by atoms with Gasteiger partial charge in [-0.2, -0.15) is 8.42 Å². The van der Waals surface area contributed by atoms with E-state index >= 15 is 0 Å². The van der Waals surface area contributed by atoms with Gasteiger partial charge in [0.15, 0.2) is 0 Å². The Bertz CT molecular complexity index is 569. The summed E-state index contributed by atoms with van der Waals surface area (Å²) in [6.07, 6.45) is 8.16. The van der Waals surface area contributed by atoms with Crippen LogP contribution in [0.25, 0.3) is 0 Å². The number of benzene rings is 1. The van der Waals surface area contributed by atoms with Crippen LogP contribution in [0.1, 0.15) is 63.9 Å². The lowest BCUT2D eigenvalue weighted by Crippen LogP contribution is -2.08. The van der Waals surface area contributed by atoms with E-state index in [9.17, 15) is 8.42 Å². The van der Waals surface area contributed by atoms with Crippen LogP contribution in [0, 0.1) is 6.92 Å². The lowest BCUT2D eigenvalue weighted by atomic mass is 10.2. The Morgan fingerprint density at radius 3 is 1.70 bits per heavy atom. The first-order valence-electron chi connectivity index (χ1n) is 10.2. The Labute approximate surface area is 165 Å². The third kappa shape index (κ3) is 12.2. The third-order valence-electron chi connectivity index (χ3n) is 4.20. The molecular formula is C21H36O5S. The van der Waals surface area contributed by atoms with E-state index in [0.717, 1.165) is 70.5 Å². The Kier molecular flexibility index (Phi) is 13.4. The fraction of sp³-hybridized carbons (Fsp3) is 0.714. The van der Waals surface area contributed by atoms with Crippen molar-refractivity contribution in [3.63, 3.8) is 0 Å². The highest BCUT2D eigenvalue weighted by Crippen LogP contribution is 2.13. The van der Waals surface area contributed by atoms with Crippen LogP contribution >= 0.6 is 0 Å². The Morgan fingerprint density at radius 2 is 1.19 bits per heavy atom. The molecular weight excluding hydrogens is 364 g/mol. The summed E-state index contributed by atoms with van der Waals surface area (Å²) in [7, 11) is -3.64. The molecule has 0 spiro atoms. The average Bonchev–Trinajstić information content (AvgIpc) is 2.65. The van der Waals surface area contributed by atoms with E-state index in [1.165, 1.54) is 6.42 Å². The van der Waals surface area contributed by atoms with Gasteiger partial charge in [0.05, 0.1) is 11.5 Å². The summed E-state index contributed by atoms with van der Waals surface area (Å²) in [5.41, 5.74) is 1.02. The number of rotatable bonds is 17. The van der Waals surface area contributed by atoms with Crippen molar-refractivity contribution in [2.75, 3.05) is 33.0 Å². The first-order chi connectivity index (χ1) is 13.1. The summed E-state index contributed by atoms with van der Waals surface area (Å²) >= 11 is 0. The molecule has 0 heterocycles. The maximum absolute atomic E-state index is 12.0. The van der Waals surface area contributed by atoms with E-state index in [0.29, 0.717) is 6.42 Å². The van der Waals surface area contributed by atoms with Gasteiger partial charge in [0.1, 0.15) is 0 Å². The molecule has 1 rings (SSSR count). The predicted molar refractivity (Wildman–Crippen MR) is 109 cm³/mol. The average molecular weight is 401 g/mol. The van der Waals surface area contributed by atoms with Crippen molar-refractivity contribution in [2.24, 2.45) is 0 Å². The smallest absolute Gasteiger partial charge is 0.296 e. The molecule has 0 aliphatic carbocycles. The van der Waals surface area contributed by atoms with Gasteiger partial charge in [-0.1, -0.05) is 31.0 Å². The molecule has 0 unspecified atom stereocenters. The van der Waals surface area contributed by atoms with Crippen molar-refractivity contribution in [3.8, 4) is 0 Å². The van der Waals surface area contributed by atoms with Crippen LogP contribution < -0.4 is 0 Å². The quantitative estimate of drug-likeness (QED) is 0.276. The Hall–Kier alpha value is -0.950. The molecule has 0 radical (unpaired) electrons. The van der Waals surface area contributed by atoms with E-state index in [1.54, 1.807) is 24.3 Å². The lowest BCUT2D eigenvalue weighted by molar-refractivity contribution is 0.111. The Morgan fingerprint density at radius 1 is 0.704 bits per heavy atom. The molecule has 0 atom stereocenters. The zero-order valence-electron chi connectivity index (χ0n) is 17.0. The van der Waals surface area contributed by atoms with E-state index in [-0.39, 0.29) is 11.5 Å². The van der Waals surface area contributed by atoms with Crippen LogP contribution in [-0.4, -0.2) is 41.5 Å². The van der Waals surface area contributed by atoms with Crippen LogP contribution in [-0.2, 0) is 23.8 Å². The highest BCUT2D eigenvalue weighted by atomic mass is 32.2. The van der Waals surface area contributed by atoms with Crippen molar-refractivity contribution < 1.29 is 22.1 Å². The fourth-order valence-electron chi connectivity index (χ4n) is 2.46. The van der Waals surface area contributed by atoms with E-state index in [4.69, 9.17) is 13.7 Å². The molecule has 0 N–H and O–H groups in total. The molecule has 0 aliphatic heterocycles. The monoisotopic (exact) mass is 400 g/mol. The fourth-order valence-corrected chi connectivity index (χ4v) is 3.40. The lowest BCUT2D eigenvalue weighted by Gasteiger charge is -2.07. The van der Waals surface area contributed by atoms with Gasteiger partial charge in [0.25, 0.3) is 10.1 Å². The number of unbranched alkanes of at least 4 members (excludes halogenated alkanes) is 5. The van der Waals surface area contributed by atoms with Crippen molar-refractivity contribution in [1.29, 1.82) is 0 Å². The van der Waals surface area contributed by atoms with Crippen LogP contribution in [0.15, 0.2) is 29.2 Å². The molecule has 27 heavy (non-hydrogen) atoms. The van der Waals surface area contributed by atoms with Crippen molar-refractivity contribution in [2.45, 2.75) is 70.1 Å². The summed E-state index contributed by atoms with van der Waals surface area (Å²) in [6.45, 7) is 7.54. The van der Waals surface area contributed by atoms with Crippen LogP contribution in [0.2, 0.25) is 0 Å². The van der Waals surface area contributed by atoms with E-state index < -0.39 is 10.1 Å². The second-order valence-corrected chi connectivity index (χ2v) is 8.40. The summed E-state index contributed by atoms with van der Waals surface area (Å²) < 4.78 is 40.3. The molecule has 6 heteroatoms. The SMILES string of the molecule is CCCCOCCCCCOCCCCCOS(=O)(=O)c1ccc(C)cc1. The van der Waals surface area contributed by atoms with Gasteiger partial charge in [-0.25, -0.2) is 0 Å².